The summed E-state index contributed by atoms with van der Waals surface area (Å²) in [6.45, 7) is 0. The first-order chi connectivity index (χ1) is 11.1. The molecule has 0 aliphatic heterocycles. The SMILES string of the molecule is BrCCC(SC(CCBr)c1cccc(Br)c1)c1cccc(Br)c1. The predicted molar refractivity (Wildman–Crippen MR) is 118 cm³/mol. The van der Waals surface area contributed by atoms with Crippen molar-refractivity contribution in [3.05, 3.63) is 68.6 Å². The zero-order valence-corrected chi connectivity index (χ0v) is 19.7. The maximum Gasteiger partial charge on any atom is 0.0311 e. The van der Waals surface area contributed by atoms with Gasteiger partial charge in [-0.1, -0.05) is 88.0 Å². The average Bonchev–Trinajstić information content (AvgIpc) is 2.54. The second-order valence-electron chi connectivity index (χ2n) is 5.18. The van der Waals surface area contributed by atoms with Crippen molar-refractivity contribution in [2.45, 2.75) is 23.3 Å². The molecule has 23 heavy (non-hydrogen) atoms. The lowest BCUT2D eigenvalue weighted by Crippen LogP contribution is -2.02. The van der Waals surface area contributed by atoms with E-state index in [2.05, 4.69) is 124 Å². The minimum Gasteiger partial charge on any atom is -0.145 e. The van der Waals surface area contributed by atoms with Gasteiger partial charge < -0.3 is 0 Å². The van der Waals surface area contributed by atoms with Crippen LogP contribution in [-0.2, 0) is 0 Å². The molecule has 0 fully saturated rings. The second kappa shape index (κ2) is 10.6. The number of alkyl halides is 2. The third-order valence-electron chi connectivity index (χ3n) is 3.51. The van der Waals surface area contributed by atoms with E-state index in [1.807, 2.05) is 0 Å². The summed E-state index contributed by atoms with van der Waals surface area (Å²) in [6, 6.07) is 17.4. The van der Waals surface area contributed by atoms with E-state index < -0.39 is 0 Å². The molecule has 0 aliphatic carbocycles. The third-order valence-corrected chi connectivity index (χ3v) is 7.09. The normalized spacial score (nSPS) is 13.7. The van der Waals surface area contributed by atoms with Gasteiger partial charge in [-0.25, -0.2) is 0 Å². The summed E-state index contributed by atoms with van der Waals surface area (Å²) >= 11 is 16.5. The standard InChI is InChI=1S/C18H18Br4S/c19-9-7-17(13-3-1-5-15(21)11-13)23-18(8-10-20)14-4-2-6-16(22)12-14/h1-6,11-12,17-18H,7-10H2. The molecule has 0 N–H and O–H groups in total. The molecule has 2 aromatic rings. The van der Waals surface area contributed by atoms with Gasteiger partial charge in [-0.2, -0.15) is 0 Å². The third kappa shape index (κ3) is 6.50. The zero-order chi connectivity index (χ0) is 16.7. The van der Waals surface area contributed by atoms with Crippen LogP contribution in [0.15, 0.2) is 57.5 Å². The highest BCUT2D eigenvalue weighted by Crippen LogP contribution is 2.45. The molecule has 0 radical (unpaired) electrons. The molecule has 2 aromatic carbocycles. The van der Waals surface area contributed by atoms with Gasteiger partial charge in [-0.3, -0.25) is 0 Å². The van der Waals surface area contributed by atoms with Crippen LogP contribution in [0, 0.1) is 0 Å². The molecular formula is C18H18Br4S. The summed E-state index contributed by atoms with van der Waals surface area (Å²) in [7, 11) is 0. The lowest BCUT2D eigenvalue weighted by atomic mass is 10.1. The number of thioether (sulfide) groups is 1. The molecule has 0 nitrogen and oxygen atoms in total. The maximum absolute atomic E-state index is 3.62. The van der Waals surface area contributed by atoms with E-state index in [9.17, 15) is 0 Å². The van der Waals surface area contributed by atoms with Crippen LogP contribution in [0.4, 0.5) is 0 Å². The highest BCUT2D eigenvalue weighted by Gasteiger charge is 2.20. The lowest BCUT2D eigenvalue weighted by Gasteiger charge is -2.24. The van der Waals surface area contributed by atoms with Crippen LogP contribution >= 0.6 is 75.5 Å². The van der Waals surface area contributed by atoms with Crippen molar-refractivity contribution in [2.24, 2.45) is 0 Å². The minimum absolute atomic E-state index is 0.481. The van der Waals surface area contributed by atoms with Crippen molar-refractivity contribution in [3.8, 4) is 0 Å². The van der Waals surface area contributed by atoms with Gasteiger partial charge in [0.1, 0.15) is 0 Å². The Kier molecular flexibility index (Phi) is 9.27. The van der Waals surface area contributed by atoms with E-state index in [1.54, 1.807) is 0 Å². The maximum atomic E-state index is 3.62. The number of rotatable bonds is 8. The van der Waals surface area contributed by atoms with Crippen molar-refractivity contribution >= 4 is 75.5 Å². The van der Waals surface area contributed by atoms with Gasteiger partial charge in [0.15, 0.2) is 0 Å². The van der Waals surface area contributed by atoms with E-state index in [4.69, 9.17) is 0 Å². The van der Waals surface area contributed by atoms with E-state index in [1.165, 1.54) is 11.1 Å². The number of hydrogen-bond donors (Lipinski definition) is 0. The van der Waals surface area contributed by atoms with Gasteiger partial charge in [0, 0.05) is 30.1 Å². The first-order valence-electron chi connectivity index (χ1n) is 7.42. The first-order valence-corrected chi connectivity index (χ1v) is 12.2. The smallest absolute Gasteiger partial charge is 0.0311 e. The molecule has 0 heterocycles. The second-order valence-corrected chi connectivity index (χ2v) is 10.0. The van der Waals surface area contributed by atoms with Crippen LogP contribution in [-0.4, -0.2) is 10.7 Å². The van der Waals surface area contributed by atoms with Gasteiger partial charge in [0.25, 0.3) is 0 Å². The summed E-state index contributed by atoms with van der Waals surface area (Å²) in [5, 5.41) is 2.98. The van der Waals surface area contributed by atoms with E-state index in [0.29, 0.717) is 10.5 Å². The summed E-state index contributed by atoms with van der Waals surface area (Å²) in [4.78, 5) is 0. The molecule has 124 valence electrons. The monoisotopic (exact) mass is 582 g/mol. The number of benzene rings is 2. The zero-order valence-electron chi connectivity index (χ0n) is 12.5. The molecule has 5 heteroatoms. The fourth-order valence-corrected chi connectivity index (χ4v) is 6.30. The molecular weight excluding hydrogens is 568 g/mol. The van der Waals surface area contributed by atoms with Crippen LogP contribution in [0.5, 0.6) is 0 Å². The Bertz CT molecular complexity index is 564. The Morgan fingerprint density at radius 2 is 1.17 bits per heavy atom. The summed E-state index contributed by atoms with van der Waals surface area (Å²) < 4.78 is 2.30. The number of hydrogen-bond acceptors (Lipinski definition) is 1. The topological polar surface area (TPSA) is 0 Å². The first kappa shape index (κ1) is 20.0. The highest BCUT2D eigenvalue weighted by molar-refractivity contribution is 9.11. The molecule has 2 rings (SSSR count). The largest absolute Gasteiger partial charge is 0.145 e. The van der Waals surface area contributed by atoms with Gasteiger partial charge >= 0.3 is 0 Å². The molecule has 0 saturated heterocycles. The average molecular weight is 586 g/mol. The van der Waals surface area contributed by atoms with Gasteiger partial charge in [0.2, 0.25) is 0 Å². The van der Waals surface area contributed by atoms with Crippen molar-refractivity contribution in [1.82, 2.24) is 0 Å². The minimum atomic E-state index is 0.481. The molecule has 0 saturated carbocycles. The molecule has 0 amide bonds. The van der Waals surface area contributed by atoms with Gasteiger partial charge in [-0.05, 0) is 48.2 Å². The number of halogens is 4. The van der Waals surface area contributed by atoms with E-state index in [0.717, 1.165) is 32.4 Å². The summed E-state index contributed by atoms with van der Waals surface area (Å²) in [5.41, 5.74) is 2.77. The van der Waals surface area contributed by atoms with Crippen LogP contribution in [0.1, 0.15) is 34.5 Å². The van der Waals surface area contributed by atoms with Crippen LogP contribution in [0.3, 0.4) is 0 Å². The van der Waals surface area contributed by atoms with Crippen LogP contribution in [0.2, 0.25) is 0 Å². The summed E-state index contributed by atoms with van der Waals surface area (Å²) in [6.07, 6.45) is 2.24. The van der Waals surface area contributed by atoms with Crippen LogP contribution < -0.4 is 0 Å². The van der Waals surface area contributed by atoms with E-state index in [-0.39, 0.29) is 0 Å². The van der Waals surface area contributed by atoms with Gasteiger partial charge in [0.05, 0.1) is 0 Å². The Morgan fingerprint density at radius 1 is 0.739 bits per heavy atom. The van der Waals surface area contributed by atoms with E-state index >= 15 is 0 Å². The predicted octanol–water partition coefficient (Wildman–Crippen LogP) is 8.30. The Balaban J connectivity index is 2.24. The fraction of sp³-hybridized carbons (Fsp3) is 0.333. The van der Waals surface area contributed by atoms with Crippen LogP contribution in [0.25, 0.3) is 0 Å². The van der Waals surface area contributed by atoms with Gasteiger partial charge in [-0.15, -0.1) is 11.8 Å². The molecule has 2 unspecified atom stereocenters. The molecule has 0 aliphatic rings. The van der Waals surface area contributed by atoms with Crippen molar-refractivity contribution in [1.29, 1.82) is 0 Å². The Morgan fingerprint density at radius 3 is 1.52 bits per heavy atom. The molecule has 2 atom stereocenters. The fourth-order valence-electron chi connectivity index (χ4n) is 2.44. The van der Waals surface area contributed by atoms with Crippen molar-refractivity contribution in [2.75, 3.05) is 10.7 Å². The lowest BCUT2D eigenvalue weighted by molar-refractivity contribution is 0.862. The Labute approximate surface area is 176 Å². The molecule has 0 bridgehead atoms. The summed E-state index contributed by atoms with van der Waals surface area (Å²) in [5.74, 6) is 0. The Hall–Kier alpha value is 0.710. The highest BCUT2D eigenvalue weighted by atomic mass is 79.9. The van der Waals surface area contributed by atoms with Crippen molar-refractivity contribution in [3.63, 3.8) is 0 Å². The van der Waals surface area contributed by atoms with Crippen molar-refractivity contribution < 1.29 is 0 Å². The quantitative estimate of drug-likeness (QED) is 0.281. The molecule has 0 spiro atoms. The molecule has 0 aromatic heterocycles.